The van der Waals surface area contributed by atoms with E-state index in [0.29, 0.717) is 18.7 Å². The fourth-order valence-corrected chi connectivity index (χ4v) is 3.58. The lowest BCUT2D eigenvalue weighted by molar-refractivity contribution is 0.300. The van der Waals surface area contributed by atoms with Gasteiger partial charge in [0.05, 0.1) is 17.3 Å². The van der Waals surface area contributed by atoms with Gasteiger partial charge in [0.2, 0.25) is 0 Å². The topological polar surface area (TPSA) is 57.9 Å². The van der Waals surface area contributed by atoms with Gasteiger partial charge in [-0.3, -0.25) is 4.98 Å². The molecular weight excluding hydrogens is 394 g/mol. The minimum absolute atomic E-state index is 0.526. The molecule has 0 atom stereocenters. The molecule has 4 heteroatoms. The Kier molecular flexibility index (Phi) is 6.48. The Balaban J connectivity index is 1.42. The highest BCUT2D eigenvalue weighted by Gasteiger charge is 2.11. The van der Waals surface area contributed by atoms with Crippen LogP contribution in [0, 0.1) is 25.2 Å². The van der Waals surface area contributed by atoms with Crippen LogP contribution in [0.1, 0.15) is 27.9 Å². The number of benzene rings is 3. The maximum atomic E-state index is 8.95. The van der Waals surface area contributed by atoms with Crippen molar-refractivity contribution in [3.8, 4) is 22.9 Å². The van der Waals surface area contributed by atoms with Crippen LogP contribution < -0.4 is 10.1 Å². The number of aryl methyl sites for hydroxylation is 1. The largest absolute Gasteiger partial charge is 0.487 e. The summed E-state index contributed by atoms with van der Waals surface area (Å²) in [6.45, 7) is 5.25. The van der Waals surface area contributed by atoms with Gasteiger partial charge in [0, 0.05) is 18.4 Å². The van der Waals surface area contributed by atoms with E-state index >= 15 is 0 Å². The lowest BCUT2D eigenvalue weighted by Crippen LogP contribution is -2.06. The molecule has 32 heavy (non-hydrogen) atoms. The van der Waals surface area contributed by atoms with Crippen LogP contribution in [0.2, 0.25) is 0 Å². The van der Waals surface area contributed by atoms with E-state index in [2.05, 4.69) is 59.7 Å². The number of aromatic nitrogens is 1. The molecular formula is C28H25N3O. The van der Waals surface area contributed by atoms with Gasteiger partial charge in [-0.25, -0.2) is 0 Å². The molecule has 1 aromatic heterocycles. The van der Waals surface area contributed by atoms with Crippen molar-refractivity contribution in [1.29, 1.82) is 5.26 Å². The first-order valence-electron chi connectivity index (χ1n) is 10.6. The Morgan fingerprint density at radius 2 is 1.53 bits per heavy atom. The third kappa shape index (κ3) is 4.96. The van der Waals surface area contributed by atoms with Gasteiger partial charge in [-0.2, -0.15) is 5.26 Å². The van der Waals surface area contributed by atoms with Crippen LogP contribution in [0.3, 0.4) is 0 Å². The minimum atomic E-state index is 0.526. The van der Waals surface area contributed by atoms with Gasteiger partial charge in [0.25, 0.3) is 0 Å². The van der Waals surface area contributed by atoms with E-state index in [1.807, 2.05) is 55.6 Å². The molecule has 0 fully saturated rings. The summed E-state index contributed by atoms with van der Waals surface area (Å²) >= 11 is 0. The zero-order valence-corrected chi connectivity index (χ0v) is 18.3. The number of rotatable bonds is 7. The maximum Gasteiger partial charge on any atom is 0.144 e. The van der Waals surface area contributed by atoms with E-state index in [9.17, 15) is 0 Å². The summed E-state index contributed by atoms with van der Waals surface area (Å²) in [7, 11) is 0. The second kappa shape index (κ2) is 9.80. The average Bonchev–Trinajstić information content (AvgIpc) is 2.84. The lowest BCUT2D eigenvalue weighted by Gasteiger charge is -2.16. The van der Waals surface area contributed by atoms with Crippen molar-refractivity contribution in [2.45, 2.75) is 27.0 Å². The highest BCUT2D eigenvalue weighted by atomic mass is 16.5. The van der Waals surface area contributed by atoms with Crippen LogP contribution in [0.15, 0.2) is 85.1 Å². The standard InChI is InChI=1S/C28H25N3O/c1-20-26(17-30-21(2)28(20)32-19-23-6-4-3-5-7-23)18-31-27-14-12-25(13-15-27)24-10-8-22(16-29)9-11-24/h3-15,17,31H,18-19H2,1-2H3. The molecule has 0 saturated heterocycles. The Morgan fingerprint density at radius 1 is 0.875 bits per heavy atom. The normalized spacial score (nSPS) is 10.4. The number of hydrogen-bond donors (Lipinski definition) is 1. The molecule has 4 aromatic rings. The summed E-state index contributed by atoms with van der Waals surface area (Å²) in [5.41, 5.74) is 8.16. The average molecular weight is 420 g/mol. The second-order valence-corrected chi connectivity index (χ2v) is 7.72. The van der Waals surface area contributed by atoms with Crippen LogP contribution in [0.5, 0.6) is 5.75 Å². The summed E-state index contributed by atoms with van der Waals surface area (Å²) in [6.07, 6.45) is 1.91. The fraction of sp³-hybridized carbons (Fsp3) is 0.143. The molecule has 0 radical (unpaired) electrons. The Morgan fingerprint density at radius 3 is 2.19 bits per heavy atom. The van der Waals surface area contributed by atoms with Gasteiger partial charge < -0.3 is 10.1 Å². The van der Waals surface area contributed by atoms with Crippen LogP contribution in [-0.2, 0) is 13.2 Å². The van der Waals surface area contributed by atoms with Gasteiger partial charge in [-0.1, -0.05) is 54.6 Å². The van der Waals surface area contributed by atoms with E-state index < -0.39 is 0 Å². The maximum absolute atomic E-state index is 8.95. The van der Waals surface area contributed by atoms with E-state index in [-0.39, 0.29) is 0 Å². The van der Waals surface area contributed by atoms with Crippen LogP contribution >= 0.6 is 0 Å². The molecule has 1 heterocycles. The number of nitrogens with zero attached hydrogens (tertiary/aromatic N) is 2. The van der Waals surface area contributed by atoms with Crippen molar-refractivity contribution < 1.29 is 4.74 Å². The third-order valence-electron chi connectivity index (χ3n) is 5.51. The summed E-state index contributed by atoms with van der Waals surface area (Å²) in [4.78, 5) is 4.54. The van der Waals surface area contributed by atoms with Crippen molar-refractivity contribution in [3.63, 3.8) is 0 Å². The highest BCUT2D eigenvalue weighted by molar-refractivity contribution is 5.66. The first-order chi connectivity index (χ1) is 15.6. The van der Waals surface area contributed by atoms with Crippen molar-refractivity contribution in [2.24, 2.45) is 0 Å². The number of nitrogens with one attached hydrogen (secondary N) is 1. The molecule has 0 amide bonds. The number of hydrogen-bond acceptors (Lipinski definition) is 4. The summed E-state index contributed by atoms with van der Waals surface area (Å²) in [5.74, 6) is 0.851. The van der Waals surface area contributed by atoms with Crippen LogP contribution in [0.25, 0.3) is 11.1 Å². The van der Waals surface area contributed by atoms with Crippen molar-refractivity contribution in [1.82, 2.24) is 4.98 Å². The third-order valence-corrected chi connectivity index (χ3v) is 5.51. The fourth-order valence-electron chi connectivity index (χ4n) is 3.58. The number of pyridine rings is 1. The van der Waals surface area contributed by atoms with Gasteiger partial charge in [-0.05, 0) is 65.9 Å². The minimum Gasteiger partial charge on any atom is -0.487 e. The van der Waals surface area contributed by atoms with Gasteiger partial charge in [0.15, 0.2) is 0 Å². The molecule has 0 aliphatic rings. The summed E-state index contributed by atoms with van der Waals surface area (Å²) < 4.78 is 6.12. The molecule has 0 spiro atoms. The Labute approximate surface area is 189 Å². The molecule has 4 rings (SSSR count). The molecule has 158 valence electrons. The molecule has 0 unspecified atom stereocenters. The highest BCUT2D eigenvalue weighted by Crippen LogP contribution is 2.27. The van der Waals surface area contributed by atoms with E-state index in [0.717, 1.165) is 44.9 Å². The SMILES string of the molecule is Cc1ncc(CNc2ccc(-c3ccc(C#N)cc3)cc2)c(C)c1OCc1ccccc1. The smallest absolute Gasteiger partial charge is 0.144 e. The molecule has 3 aromatic carbocycles. The van der Waals surface area contributed by atoms with Crippen LogP contribution in [0.4, 0.5) is 5.69 Å². The zero-order chi connectivity index (χ0) is 22.3. The molecule has 0 saturated carbocycles. The first-order valence-corrected chi connectivity index (χ1v) is 10.6. The quantitative estimate of drug-likeness (QED) is 0.375. The Bertz CT molecular complexity index is 1220. The zero-order valence-electron chi connectivity index (χ0n) is 18.3. The molecule has 0 aliphatic heterocycles. The van der Waals surface area contributed by atoms with Crippen LogP contribution in [-0.4, -0.2) is 4.98 Å². The monoisotopic (exact) mass is 419 g/mol. The molecule has 0 bridgehead atoms. The Hall–Kier alpha value is -4.10. The summed E-state index contributed by atoms with van der Waals surface area (Å²) in [6, 6.07) is 28.2. The van der Waals surface area contributed by atoms with Gasteiger partial charge in [-0.15, -0.1) is 0 Å². The molecule has 0 aliphatic carbocycles. The first kappa shape index (κ1) is 21.1. The number of ether oxygens (including phenoxy) is 1. The second-order valence-electron chi connectivity index (χ2n) is 7.72. The molecule has 1 N–H and O–H groups in total. The molecule has 4 nitrogen and oxygen atoms in total. The van der Waals surface area contributed by atoms with Crippen molar-refractivity contribution in [2.75, 3.05) is 5.32 Å². The predicted molar refractivity (Wildman–Crippen MR) is 128 cm³/mol. The van der Waals surface area contributed by atoms with Crippen molar-refractivity contribution >= 4 is 5.69 Å². The van der Waals surface area contributed by atoms with E-state index in [1.165, 1.54) is 0 Å². The summed E-state index contributed by atoms with van der Waals surface area (Å²) in [5, 5.41) is 12.4. The van der Waals surface area contributed by atoms with E-state index in [4.69, 9.17) is 10.00 Å². The lowest BCUT2D eigenvalue weighted by atomic mass is 10.0. The van der Waals surface area contributed by atoms with Gasteiger partial charge in [0.1, 0.15) is 12.4 Å². The number of nitriles is 1. The number of anilines is 1. The van der Waals surface area contributed by atoms with E-state index in [1.54, 1.807) is 0 Å². The predicted octanol–water partition coefficient (Wildman–Crippen LogP) is 6.43. The van der Waals surface area contributed by atoms with Gasteiger partial charge >= 0.3 is 0 Å². The van der Waals surface area contributed by atoms with Crippen molar-refractivity contribution in [3.05, 3.63) is 113 Å².